The molecule has 0 aliphatic carbocycles. The number of methoxy groups -OCH3 is 1. The lowest BCUT2D eigenvalue weighted by Crippen LogP contribution is -2.26. The molecule has 0 unspecified atom stereocenters. The Morgan fingerprint density at radius 2 is 1.93 bits per heavy atom. The van der Waals surface area contributed by atoms with E-state index in [-0.39, 0.29) is 18.1 Å². The van der Waals surface area contributed by atoms with Crippen LogP contribution in [0.2, 0.25) is 0 Å². The predicted molar refractivity (Wildman–Crippen MR) is 106 cm³/mol. The van der Waals surface area contributed by atoms with Gasteiger partial charge in [-0.15, -0.1) is 0 Å². The number of oxazole rings is 1. The maximum atomic E-state index is 12.2. The van der Waals surface area contributed by atoms with Gasteiger partial charge in [0, 0.05) is 6.54 Å². The van der Waals surface area contributed by atoms with E-state index in [9.17, 15) is 9.90 Å². The summed E-state index contributed by atoms with van der Waals surface area (Å²) in [5, 5.41) is 12.2. The molecule has 1 heterocycles. The molecule has 6 heteroatoms. The third-order valence-electron chi connectivity index (χ3n) is 4.46. The fourth-order valence-corrected chi connectivity index (χ4v) is 2.93. The fraction of sp³-hybridized carbons (Fsp3) is 0.273. The Hall–Kier alpha value is -3.28. The van der Waals surface area contributed by atoms with Crippen molar-refractivity contribution >= 4 is 5.91 Å². The largest absolute Gasteiger partial charge is 0.508 e. The maximum Gasteiger partial charge on any atom is 0.230 e. The Bertz CT molecular complexity index is 932. The minimum atomic E-state index is -0.0892. The van der Waals surface area contributed by atoms with Gasteiger partial charge in [0.2, 0.25) is 11.8 Å². The number of hydrogen-bond acceptors (Lipinski definition) is 5. The molecule has 0 radical (unpaired) electrons. The summed E-state index contributed by atoms with van der Waals surface area (Å²) in [6, 6.07) is 14.6. The number of nitrogens with zero attached hydrogens (tertiary/aromatic N) is 1. The lowest BCUT2D eigenvalue weighted by molar-refractivity contribution is -0.120. The van der Waals surface area contributed by atoms with Crippen molar-refractivity contribution in [2.75, 3.05) is 13.7 Å². The molecule has 146 valence electrons. The normalized spacial score (nSPS) is 10.6. The van der Waals surface area contributed by atoms with Crippen LogP contribution in [0.1, 0.15) is 23.4 Å². The summed E-state index contributed by atoms with van der Waals surface area (Å²) in [6.45, 7) is 2.38. The molecule has 0 saturated heterocycles. The smallest absolute Gasteiger partial charge is 0.230 e. The molecule has 0 bridgehead atoms. The molecule has 0 spiro atoms. The molecule has 2 aromatic carbocycles. The number of para-hydroxylation sites is 1. The maximum absolute atomic E-state index is 12.2. The van der Waals surface area contributed by atoms with Gasteiger partial charge in [0.05, 0.1) is 24.8 Å². The van der Waals surface area contributed by atoms with Crippen molar-refractivity contribution in [3.05, 3.63) is 65.5 Å². The second kappa shape index (κ2) is 9.08. The van der Waals surface area contributed by atoms with E-state index in [4.69, 9.17) is 9.15 Å². The van der Waals surface area contributed by atoms with Crippen LogP contribution in [0.15, 0.2) is 52.9 Å². The van der Waals surface area contributed by atoms with Crippen LogP contribution in [0.4, 0.5) is 0 Å². The number of aromatic hydroxyl groups is 1. The first-order valence-corrected chi connectivity index (χ1v) is 9.21. The fourth-order valence-electron chi connectivity index (χ4n) is 2.93. The average molecular weight is 380 g/mol. The molecular formula is C22H24N2O4. The monoisotopic (exact) mass is 380 g/mol. The van der Waals surface area contributed by atoms with E-state index in [1.807, 2.05) is 36.4 Å². The van der Waals surface area contributed by atoms with E-state index < -0.39 is 0 Å². The highest BCUT2D eigenvalue weighted by atomic mass is 16.5. The van der Waals surface area contributed by atoms with Crippen LogP contribution in [0, 0.1) is 6.92 Å². The van der Waals surface area contributed by atoms with Gasteiger partial charge in [-0.2, -0.15) is 0 Å². The zero-order chi connectivity index (χ0) is 19.9. The van der Waals surface area contributed by atoms with E-state index >= 15 is 0 Å². The molecule has 2 N–H and O–H groups in total. The van der Waals surface area contributed by atoms with Gasteiger partial charge in [-0.1, -0.05) is 24.3 Å². The van der Waals surface area contributed by atoms with Gasteiger partial charge in [-0.25, -0.2) is 4.98 Å². The van der Waals surface area contributed by atoms with Crippen LogP contribution in [-0.2, 0) is 17.6 Å². The van der Waals surface area contributed by atoms with Crippen LogP contribution < -0.4 is 10.1 Å². The van der Waals surface area contributed by atoms with Crippen LogP contribution in [-0.4, -0.2) is 29.7 Å². The number of aromatic nitrogens is 1. The Kier molecular flexibility index (Phi) is 6.32. The summed E-state index contributed by atoms with van der Waals surface area (Å²) in [7, 11) is 1.60. The van der Waals surface area contributed by atoms with Gasteiger partial charge in [0.25, 0.3) is 0 Å². The zero-order valence-electron chi connectivity index (χ0n) is 16.1. The number of carbonyl (C=O) groups excluding carboxylic acids is 1. The van der Waals surface area contributed by atoms with Gasteiger partial charge in [0.15, 0.2) is 0 Å². The molecule has 3 aromatic rings. The summed E-state index contributed by atoms with van der Waals surface area (Å²) in [5.74, 6) is 1.92. The summed E-state index contributed by atoms with van der Waals surface area (Å²) >= 11 is 0. The Labute approximate surface area is 164 Å². The molecule has 0 atom stereocenters. The number of phenolic OH excluding ortho intramolecular Hbond substituents is 1. The number of hydrogen-bond donors (Lipinski definition) is 2. The lowest BCUT2D eigenvalue weighted by Gasteiger charge is -2.05. The second-order valence-corrected chi connectivity index (χ2v) is 6.52. The number of aryl methyl sites for hydroxylation is 2. The van der Waals surface area contributed by atoms with Crippen LogP contribution in [0.3, 0.4) is 0 Å². The Morgan fingerprint density at radius 3 is 2.68 bits per heavy atom. The number of rotatable bonds is 8. The Morgan fingerprint density at radius 1 is 1.18 bits per heavy atom. The zero-order valence-corrected chi connectivity index (χ0v) is 16.1. The van der Waals surface area contributed by atoms with Gasteiger partial charge in [-0.05, 0) is 49.6 Å². The number of nitrogens with one attached hydrogen (secondary N) is 1. The topological polar surface area (TPSA) is 84.6 Å². The predicted octanol–water partition coefficient (Wildman–Crippen LogP) is 3.66. The second-order valence-electron chi connectivity index (χ2n) is 6.52. The van der Waals surface area contributed by atoms with Crippen molar-refractivity contribution in [2.24, 2.45) is 0 Å². The van der Waals surface area contributed by atoms with Crippen molar-refractivity contribution in [3.8, 4) is 23.0 Å². The Balaban J connectivity index is 1.53. The highest BCUT2D eigenvalue weighted by Crippen LogP contribution is 2.30. The van der Waals surface area contributed by atoms with Crippen molar-refractivity contribution in [1.29, 1.82) is 0 Å². The lowest BCUT2D eigenvalue weighted by atomic mass is 10.1. The molecule has 0 aliphatic rings. The van der Waals surface area contributed by atoms with Gasteiger partial charge >= 0.3 is 0 Å². The molecule has 1 aromatic heterocycles. The molecule has 3 rings (SSSR count). The van der Waals surface area contributed by atoms with E-state index in [1.54, 1.807) is 26.2 Å². The van der Waals surface area contributed by atoms with E-state index in [0.717, 1.165) is 24.0 Å². The van der Waals surface area contributed by atoms with Crippen molar-refractivity contribution in [2.45, 2.75) is 26.2 Å². The number of benzene rings is 2. The minimum absolute atomic E-state index is 0.0892. The van der Waals surface area contributed by atoms with E-state index in [0.29, 0.717) is 29.6 Å². The van der Waals surface area contributed by atoms with Crippen LogP contribution in [0.5, 0.6) is 11.5 Å². The molecule has 0 aliphatic heterocycles. The number of phenols is 1. The van der Waals surface area contributed by atoms with Gasteiger partial charge in [0.1, 0.15) is 17.3 Å². The highest BCUT2D eigenvalue weighted by molar-refractivity contribution is 5.78. The molecule has 0 saturated carbocycles. The van der Waals surface area contributed by atoms with Crippen molar-refractivity contribution in [1.82, 2.24) is 10.3 Å². The highest BCUT2D eigenvalue weighted by Gasteiger charge is 2.16. The third-order valence-corrected chi connectivity index (χ3v) is 4.46. The summed E-state index contributed by atoms with van der Waals surface area (Å²) in [5.41, 5.74) is 2.51. The van der Waals surface area contributed by atoms with Crippen LogP contribution in [0.25, 0.3) is 11.5 Å². The minimum Gasteiger partial charge on any atom is -0.508 e. The van der Waals surface area contributed by atoms with Crippen LogP contribution >= 0.6 is 0 Å². The molecule has 1 amide bonds. The quantitative estimate of drug-likeness (QED) is 0.583. The van der Waals surface area contributed by atoms with Crippen molar-refractivity contribution < 1.29 is 19.1 Å². The number of ether oxygens (including phenoxy) is 1. The van der Waals surface area contributed by atoms with E-state index in [2.05, 4.69) is 10.3 Å². The molecule has 28 heavy (non-hydrogen) atoms. The first-order chi connectivity index (χ1) is 13.6. The average Bonchev–Trinajstić information content (AvgIpc) is 3.06. The summed E-state index contributed by atoms with van der Waals surface area (Å²) in [6.07, 6.45) is 1.83. The standard InChI is InChI=1S/C22H24N2O4/c1-15-19(24-22(28-15)18-7-3-4-8-20(18)27-2)14-21(26)23-13-5-6-16-9-11-17(25)12-10-16/h3-4,7-12,25H,5-6,13-14H2,1-2H3,(H,23,26). The first-order valence-electron chi connectivity index (χ1n) is 9.21. The number of amides is 1. The molecule has 0 fully saturated rings. The van der Waals surface area contributed by atoms with Gasteiger partial charge in [-0.3, -0.25) is 4.79 Å². The van der Waals surface area contributed by atoms with Gasteiger partial charge < -0.3 is 19.6 Å². The SMILES string of the molecule is COc1ccccc1-c1nc(CC(=O)NCCCc2ccc(O)cc2)c(C)o1. The third kappa shape index (κ3) is 4.91. The molecular weight excluding hydrogens is 356 g/mol. The van der Waals surface area contributed by atoms with Crippen molar-refractivity contribution in [3.63, 3.8) is 0 Å². The van der Waals surface area contributed by atoms with E-state index in [1.165, 1.54) is 0 Å². The first kappa shape index (κ1) is 19.5. The number of carbonyl (C=O) groups is 1. The summed E-state index contributed by atoms with van der Waals surface area (Å²) in [4.78, 5) is 16.7. The molecule has 6 nitrogen and oxygen atoms in total. The summed E-state index contributed by atoms with van der Waals surface area (Å²) < 4.78 is 11.1.